The summed E-state index contributed by atoms with van der Waals surface area (Å²) >= 11 is 0. The van der Waals surface area contributed by atoms with Crippen LogP contribution in [0.25, 0.3) is 0 Å². The number of ether oxygens (including phenoxy) is 1. The normalized spacial score (nSPS) is 18.9. The average molecular weight is 414 g/mol. The number of hydrogen-bond donors (Lipinski definition) is 0. The van der Waals surface area contributed by atoms with Gasteiger partial charge in [0.2, 0.25) is 0 Å². The van der Waals surface area contributed by atoms with E-state index in [0.29, 0.717) is 17.2 Å². The molecule has 0 bridgehead atoms. The van der Waals surface area contributed by atoms with Crippen molar-refractivity contribution >= 4 is 5.91 Å². The summed E-state index contributed by atoms with van der Waals surface area (Å²) in [6.45, 7) is 5.44. The third-order valence-electron chi connectivity index (χ3n) is 6.18. The van der Waals surface area contributed by atoms with Crippen LogP contribution in [0, 0.1) is 11.3 Å². The van der Waals surface area contributed by atoms with Crippen LogP contribution in [-0.4, -0.2) is 61.6 Å². The molecule has 1 aliphatic carbocycles. The predicted molar refractivity (Wildman–Crippen MR) is 122 cm³/mol. The van der Waals surface area contributed by atoms with E-state index in [2.05, 4.69) is 24.9 Å². The Morgan fingerprint density at radius 2 is 1.80 bits per heavy atom. The van der Waals surface area contributed by atoms with Gasteiger partial charge in [-0.2, -0.15) is 5.26 Å². The van der Waals surface area contributed by atoms with Gasteiger partial charge < -0.3 is 14.5 Å². The monoisotopic (exact) mass is 413 g/mol. The summed E-state index contributed by atoms with van der Waals surface area (Å²) in [6.07, 6.45) is 10.5. The lowest BCUT2D eigenvalue weighted by Gasteiger charge is -2.34. The topological polar surface area (TPSA) is 56.6 Å². The molecule has 166 valence electrons. The molecule has 1 amide bonds. The molecule has 0 aliphatic heterocycles. The number of carbonyl (C=O) groups is 1. The van der Waals surface area contributed by atoms with Gasteiger partial charge in [0.1, 0.15) is 0 Å². The molecule has 0 radical (unpaired) electrons. The first-order chi connectivity index (χ1) is 14.5. The van der Waals surface area contributed by atoms with Crippen molar-refractivity contribution in [1.82, 2.24) is 9.80 Å². The second kappa shape index (κ2) is 13.4. The highest BCUT2D eigenvalue weighted by atomic mass is 16.5. The van der Waals surface area contributed by atoms with Crippen LogP contribution in [0.3, 0.4) is 0 Å². The molecule has 1 aromatic rings. The Labute approximate surface area is 183 Å². The van der Waals surface area contributed by atoms with E-state index in [9.17, 15) is 4.79 Å². The Bertz CT molecular complexity index is 677. The smallest absolute Gasteiger partial charge is 0.253 e. The number of amides is 1. The van der Waals surface area contributed by atoms with Crippen LogP contribution in [0.15, 0.2) is 24.3 Å². The molecule has 5 nitrogen and oxygen atoms in total. The zero-order chi connectivity index (χ0) is 21.8. The second-order valence-corrected chi connectivity index (χ2v) is 8.63. The molecule has 1 aromatic carbocycles. The number of benzene rings is 1. The third kappa shape index (κ3) is 8.08. The summed E-state index contributed by atoms with van der Waals surface area (Å²) in [4.78, 5) is 17.0. The van der Waals surface area contributed by atoms with Crippen molar-refractivity contribution in [2.75, 3.05) is 33.8 Å². The first-order valence-corrected chi connectivity index (χ1v) is 11.6. The second-order valence-electron chi connectivity index (χ2n) is 8.63. The highest BCUT2D eigenvalue weighted by Gasteiger charge is 2.27. The van der Waals surface area contributed by atoms with Crippen molar-refractivity contribution in [3.63, 3.8) is 0 Å². The van der Waals surface area contributed by atoms with Gasteiger partial charge in [0.25, 0.3) is 5.91 Å². The fraction of sp³-hybridized carbons (Fsp3) is 0.680. The maximum Gasteiger partial charge on any atom is 0.253 e. The van der Waals surface area contributed by atoms with Gasteiger partial charge in [0.15, 0.2) is 0 Å². The Balaban J connectivity index is 1.62. The van der Waals surface area contributed by atoms with E-state index < -0.39 is 0 Å². The molecule has 0 spiro atoms. The van der Waals surface area contributed by atoms with Gasteiger partial charge in [-0.25, -0.2) is 0 Å². The number of carbonyl (C=O) groups excluding carboxylic acids is 1. The number of hydrogen-bond acceptors (Lipinski definition) is 4. The Morgan fingerprint density at radius 3 is 2.47 bits per heavy atom. The molecule has 0 aromatic heterocycles. The molecule has 0 unspecified atom stereocenters. The van der Waals surface area contributed by atoms with Gasteiger partial charge in [-0.3, -0.25) is 4.79 Å². The third-order valence-corrected chi connectivity index (χ3v) is 6.18. The van der Waals surface area contributed by atoms with Crippen molar-refractivity contribution in [3.8, 4) is 6.07 Å². The quantitative estimate of drug-likeness (QED) is 0.459. The van der Waals surface area contributed by atoms with Crippen LogP contribution >= 0.6 is 0 Å². The van der Waals surface area contributed by atoms with Crippen LogP contribution in [0.4, 0.5) is 0 Å². The summed E-state index contributed by atoms with van der Waals surface area (Å²) in [5.41, 5.74) is 1.12. The van der Waals surface area contributed by atoms with Crippen molar-refractivity contribution in [1.29, 1.82) is 5.26 Å². The lowest BCUT2D eigenvalue weighted by molar-refractivity contribution is 0.00875. The van der Waals surface area contributed by atoms with E-state index in [0.717, 1.165) is 45.3 Å². The summed E-state index contributed by atoms with van der Waals surface area (Å²) in [5, 5.41) is 9.04. The fourth-order valence-electron chi connectivity index (χ4n) is 4.17. The van der Waals surface area contributed by atoms with E-state index in [4.69, 9.17) is 10.00 Å². The number of nitrogens with zero attached hydrogens (tertiary/aromatic N) is 3. The Morgan fingerprint density at radius 1 is 1.10 bits per heavy atom. The first-order valence-electron chi connectivity index (χ1n) is 11.6. The summed E-state index contributed by atoms with van der Waals surface area (Å²) in [7, 11) is 4.09. The molecule has 0 heterocycles. The van der Waals surface area contributed by atoms with Gasteiger partial charge in [-0.1, -0.05) is 25.8 Å². The van der Waals surface area contributed by atoms with Crippen LogP contribution in [0.5, 0.6) is 0 Å². The summed E-state index contributed by atoms with van der Waals surface area (Å²) in [5.74, 6) is -0.000440. The molecular formula is C25H39N3O2. The summed E-state index contributed by atoms with van der Waals surface area (Å²) in [6, 6.07) is 9.31. The fourth-order valence-corrected chi connectivity index (χ4v) is 4.17. The first kappa shape index (κ1) is 24.4. The van der Waals surface area contributed by atoms with Gasteiger partial charge in [0.05, 0.1) is 17.7 Å². The van der Waals surface area contributed by atoms with Gasteiger partial charge in [-0.15, -0.1) is 0 Å². The standard InChI is InChI=1S/C25H39N3O2/c1-4-5-6-16-27(2)17-7-8-18-30-24-14-12-23(13-15-24)28(3)25(29)22-11-9-10-21(19-22)20-26/h9-11,19,23-24H,4-8,12-18H2,1-3H3. The molecule has 0 N–H and O–H groups in total. The van der Waals surface area contributed by atoms with E-state index >= 15 is 0 Å². The van der Waals surface area contributed by atoms with Gasteiger partial charge in [0, 0.05) is 25.3 Å². The largest absolute Gasteiger partial charge is 0.378 e. The van der Waals surface area contributed by atoms with Gasteiger partial charge in [-0.05, 0) is 83.3 Å². The zero-order valence-corrected chi connectivity index (χ0v) is 19.1. The minimum atomic E-state index is -0.000440. The maximum atomic E-state index is 12.8. The number of rotatable bonds is 12. The Hall–Kier alpha value is -1.90. The average Bonchev–Trinajstić information content (AvgIpc) is 2.78. The highest BCUT2D eigenvalue weighted by Crippen LogP contribution is 2.25. The molecule has 2 rings (SSSR count). The van der Waals surface area contributed by atoms with Crippen molar-refractivity contribution in [2.45, 2.75) is 76.9 Å². The lowest BCUT2D eigenvalue weighted by Crippen LogP contribution is -2.40. The van der Waals surface area contributed by atoms with Crippen LogP contribution < -0.4 is 0 Å². The minimum absolute atomic E-state index is 0.000440. The lowest BCUT2D eigenvalue weighted by atomic mass is 9.91. The molecule has 5 heteroatoms. The SMILES string of the molecule is CCCCCN(C)CCCCOC1CCC(N(C)C(=O)c2cccc(C#N)c2)CC1. The van der Waals surface area contributed by atoms with Crippen LogP contribution in [0.2, 0.25) is 0 Å². The van der Waals surface area contributed by atoms with Gasteiger partial charge >= 0.3 is 0 Å². The van der Waals surface area contributed by atoms with E-state index in [1.165, 1.54) is 32.2 Å². The molecule has 0 atom stereocenters. The highest BCUT2D eigenvalue weighted by molar-refractivity contribution is 5.94. The molecule has 1 aliphatic rings. The molecule has 0 saturated heterocycles. The van der Waals surface area contributed by atoms with E-state index in [1.807, 2.05) is 11.9 Å². The van der Waals surface area contributed by atoms with Crippen LogP contribution in [-0.2, 0) is 4.74 Å². The van der Waals surface area contributed by atoms with E-state index in [-0.39, 0.29) is 11.9 Å². The molecule has 30 heavy (non-hydrogen) atoms. The maximum absolute atomic E-state index is 12.8. The van der Waals surface area contributed by atoms with Crippen molar-refractivity contribution < 1.29 is 9.53 Å². The predicted octanol–water partition coefficient (Wildman–Crippen LogP) is 4.86. The Kier molecular flexibility index (Phi) is 10.9. The van der Waals surface area contributed by atoms with Crippen LogP contribution in [0.1, 0.15) is 80.6 Å². The summed E-state index contributed by atoms with van der Waals surface area (Å²) < 4.78 is 6.11. The van der Waals surface area contributed by atoms with Crippen molar-refractivity contribution in [3.05, 3.63) is 35.4 Å². The zero-order valence-electron chi connectivity index (χ0n) is 19.1. The molecule has 1 fully saturated rings. The minimum Gasteiger partial charge on any atom is -0.378 e. The molecular weight excluding hydrogens is 374 g/mol. The number of nitriles is 1. The van der Waals surface area contributed by atoms with Crippen molar-refractivity contribution in [2.24, 2.45) is 0 Å². The number of unbranched alkanes of at least 4 members (excludes halogenated alkanes) is 3. The van der Waals surface area contributed by atoms with E-state index in [1.54, 1.807) is 24.3 Å². The molecule has 1 saturated carbocycles.